The molecule has 1 aromatic carbocycles. The number of nitro benzene ring substituents is 1. The van der Waals surface area contributed by atoms with Crippen LogP contribution >= 0.6 is 11.8 Å². The van der Waals surface area contributed by atoms with Crippen LogP contribution in [-0.2, 0) is 25.7 Å². The van der Waals surface area contributed by atoms with Crippen molar-refractivity contribution < 1.29 is 29.2 Å². The number of non-ortho nitro benzene ring substituents is 1. The highest BCUT2D eigenvalue weighted by Crippen LogP contribution is 2.52. The molecule has 37 heavy (non-hydrogen) atoms. The van der Waals surface area contributed by atoms with E-state index in [1.165, 1.54) is 29.2 Å². The van der Waals surface area contributed by atoms with Gasteiger partial charge < -0.3 is 25.0 Å². The van der Waals surface area contributed by atoms with Crippen LogP contribution in [0.3, 0.4) is 0 Å². The smallest absolute Gasteiger partial charge is 0.356 e. The van der Waals surface area contributed by atoms with E-state index in [4.69, 9.17) is 4.74 Å². The predicted molar refractivity (Wildman–Crippen MR) is 136 cm³/mol. The molecule has 2 amide bonds. The Hall–Kier alpha value is -2.96. The number of nitro groups is 1. The third-order valence-electron chi connectivity index (χ3n) is 7.46. The topological polar surface area (TPSA) is 142 Å². The number of nitrogens with zero attached hydrogens (tertiary/aromatic N) is 3. The molecule has 11 nitrogen and oxygen atoms in total. The summed E-state index contributed by atoms with van der Waals surface area (Å²) in [4.78, 5) is 52.9. The number of fused-ring (bicyclic) bond motifs is 1. The van der Waals surface area contributed by atoms with Crippen molar-refractivity contribution in [3.63, 3.8) is 0 Å². The lowest BCUT2D eigenvalue weighted by Crippen LogP contribution is -2.63. The van der Waals surface area contributed by atoms with Crippen molar-refractivity contribution in [3.8, 4) is 0 Å². The van der Waals surface area contributed by atoms with E-state index in [0.29, 0.717) is 12.0 Å². The van der Waals surface area contributed by atoms with Gasteiger partial charge in [-0.3, -0.25) is 19.7 Å². The number of aliphatic hydroxyl groups excluding tert-OH is 1. The molecule has 0 radical (unpaired) electrons. The first-order valence-electron chi connectivity index (χ1n) is 12.3. The minimum atomic E-state index is -0.840. The molecule has 12 heteroatoms. The number of benzene rings is 1. The predicted octanol–water partition coefficient (Wildman–Crippen LogP) is 1.65. The quantitative estimate of drug-likeness (QED) is 0.210. The molecule has 1 aromatic rings. The summed E-state index contributed by atoms with van der Waals surface area (Å²) in [6.07, 6.45) is 0.307. The zero-order valence-corrected chi connectivity index (χ0v) is 22.1. The van der Waals surface area contributed by atoms with Crippen LogP contribution in [0.15, 0.2) is 34.9 Å². The number of likely N-dealkylation sites (tertiary alicyclic amines) is 1. The van der Waals surface area contributed by atoms with Gasteiger partial charge in [-0.25, -0.2) is 4.79 Å². The van der Waals surface area contributed by atoms with Crippen LogP contribution in [-0.4, -0.2) is 81.7 Å². The molecule has 0 aromatic heterocycles. The zero-order valence-electron chi connectivity index (χ0n) is 21.2. The highest BCUT2D eigenvalue weighted by Gasteiger charge is 2.60. The van der Waals surface area contributed by atoms with Crippen molar-refractivity contribution in [2.24, 2.45) is 11.8 Å². The second kappa shape index (κ2) is 10.8. The number of esters is 1. The first-order chi connectivity index (χ1) is 17.5. The van der Waals surface area contributed by atoms with Crippen LogP contribution in [0.25, 0.3) is 0 Å². The van der Waals surface area contributed by atoms with E-state index in [-0.39, 0.29) is 53.1 Å². The third kappa shape index (κ3) is 5.23. The van der Waals surface area contributed by atoms with Crippen molar-refractivity contribution >= 4 is 35.2 Å². The highest BCUT2D eigenvalue weighted by atomic mass is 32.2. The number of ether oxygens (including phenoxy) is 1. The monoisotopic (exact) mass is 532 g/mol. The molecule has 0 saturated carbocycles. The number of rotatable bonds is 9. The number of nitrogens with one attached hydrogen (secondary N) is 1. The molecule has 2 fully saturated rings. The average Bonchev–Trinajstić information content (AvgIpc) is 3.31. The van der Waals surface area contributed by atoms with Crippen molar-refractivity contribution in [2.75, 3.05) is 20.6 Å². The van der Waals surface area contributed by atoms with Crippen LogP contribution in [0.1, 0.15) is 32.3 Å². The first-order valence-corrected chi connectivity index (χ1v) is 13.1. The van der Waals surface area contributed by atoms with Gasteiger partial charge in [0.2, 0.25) is 11.8 Å². The van der Waals surface area contributed by atoms with E-state index in [1.54, 1.807) is 25.7 Å². The Labute approximate surface area is 219 Å². The van der Waals surface area contributed by atoms with Gasteiger partial charge in [-0.2, -0.15) is 0 Å². The lowest BCUT2D eigenvalue weighted by atomic mass is 9.79. The molecule has 6 atom stereocenters. The minimum absolute atomic E-state index is 0.0269. The zero-order chi connectivity index (χ0) is 27.0. The number of hydrogen-bond donors (Lipinski definition) is 2. The lowest BCUT2D eigenvalue weighted by molar-refractivity contribution is -0.384. The van der Waals surface area contributed by atoms with E-state index in [0.717, 1.165) is 17.9 Å². The summed E-state index contributed by atoms with van der Waals surface area (Å²) in [5.74, 6) is -1.71. The summed E-state index contributed by atoms with van der Waals surface area (Å²) in [7, 11) is 3.59. The Morgan fingerprint density at radius 3 is 2.59 bits per heavy atom. The maximum Gasteiger partial charge on any atom is 0.356 e. The van der Waals surface area contributed by atoms with Gasteiger partial charge >= 0.3 is 5.97 Å². The van der Waals surface area contributed by atoms with Gasteiger partial charge in [0.05, 0.1) is 23.0 Å². The summed E-state index contributed by atoms with van der Waals surface area (Å²) >= 11 is 1.55. The largest absolute Gasteiger partial charge is 0.456 e. The van der Waals surface area contributed by atoms with E-state index in [1.807, 2.05) is 14.0 Å². The number of hydrogen-bond acceptors (Lipinski definition) is 9. The van der Waals surface area contributed by atoms with Gasteiger partial charge in [0.15, 0.2) is 0 Å². The Bertz CT molecular complexity index is 1120. The lowest BCUT2D eigenvalue weighted by Gasteiger charge is -2.46. The number of thioether (sulfide) groups is 1. The molecular formula is C25H32N4O7S. The van der Waals surface area contributed by atoms with Gasteiger partial charge in [-0.1, -0.05) is 6.92 Å². The second-order valence-electron chi connectivity index (χ2n) is 9.91. The Kier molecular flexibility index (Phi) is 7.91. The van der Waals surface area contributed by atoms with Crippen LogP contribution in [0.5, 0.6) is 0 Å². The van der Waals surface area contributed by atoms with Gasteiger partial charge in [-0.15, -0.1) is 11.8 Å². The molecule has 2 N–H and O–H groups in total. The van der Waals surface area contributed by atoms with E-state index in [2.05, 4.69) is 10.2 Å². The highest BCUT2D eigenvalue weighted by molar-refractivity contribution is 8.03. The second-order valence-corrected chi connectivity index (χ2v) is 11.3. The molecule has 3 aliphatic heterocycles. The summed E-state index contributed by atoms with van der Waals surface area (Å²) in [5, 5.41) is 23.9. The molecule has 3 heterocycles. The van der Waals surface area contributed by atoms with Gasteiger partial charge in [0.25, 0.3) is 5.69 Å². The van der Waals surface area contributed by atoms with Crippen molar-refractivity contribution in [1.82, 2.24) is 15.1 Å². The van der Waals surface area contributed by atoms with Crippen LogP contribution in [0.4, 0.5) is 5.69 Å². The molecule has 0 spiro atoms. The molecular weight excluding hydrogens is 500 g/mol. The molecule has 3 aliphatic rings. The van der Waals surface area contributed by atoms with Crippen LogP contribution < -0.4 is 5.32 Å². The SMILES string of the molecule is CNC(=O)C[C@@H]1C[C@@H](SC2=C(C(=O)OCc3ccc([N+](=O)[O-])cc3)N3C(=O)[C@H](C(C)O)[C@H]3[C@H]2C)CN1C. The number of β-lactam (4-membered cyclic amide) rings is 1. The standard InChI is InChI=1S/C25H32N4O7S/c1-13-21-20(14(2)30)24(32)28(21)22(25(33)36-12-15-5-7-16(8-6-15)29(34)35)23(13)37-18-9-17(27(4)11-18)10-19(31)26-3/h5-8,13-14,17-18,20-21,30H,9-12H2,1-4H3,(H,26,31)/t13-,14?,17+,18-,20-,21-/m1/s1. The number of amides is 2. The molecule has 2 saturated heterocycles. The maximum atomic E-state index is 13.3. The summed E-state index contributed by atoms with van der Waals surface area (Å²) in [6, 6.07) is 5.49. The summed E-state index contributed by atoms with van der Waals surface area (Å²) < 4.78 is 5.56. The summed E-state index contributed by atoms with van der Waals surface area (Å²) in [5.41, 5.74) is 0.738. The van der Waals surface area contributed by atoms with E-state index in [9.17, 15) is 29.6 Å². The Balaban J connectivity index is 1.53. The molecule has 0 aliphatic carbocycles. The van der Waals surface area contributed by atoms with Crippen molar-refractivity contribution in [3.05, 3.63) is 50.5 Å². The fraction of sp³-hybridized carbons (Fsp3) is 0.560. The van der Waals surface area contributed by atoms with Gasteiger partial charge in [0.1, 0.15) is 12.3 Å². The van der Waals surface area contributed by atoms with Gasteiger partial charge in [-0.05, 0) is 38.1 Å². The van der Waals surface area contributed by atoms with E-state index >= 15 is 0 Å². The van der Waals surface area contributed by atoms with Crippen LogP contribution in [0, 0.1) is 22.0 Å². The minimum Gasteiger partial charge on any atom is -0.456 e. The maximum absolute atomic E-state index is 13.3. The number of carbonyl (C=O) groups excluding carboxylic acids is 3. The van der Waals surface area contributed by atoms with Crippen molar-refractivity contribution in [1.29, 1.82) is 0 Å². The number of carbonyl (C=O) groups is 3. The molecule has 200 valence electrons. The molecule has 4 rings (SSSR count). The first kappa shape index (κ1) is 27.1. The fourth-order valence-corrected chi connectivity index (χ4v) is 7.08. The molecule has 0 bridgehead atoms. The van der Waals surface area contributed by atoms with Crippen LogP contribution in [0.2, 0.25) is 0 Å². The average molecular weight is 533 g/mol. The number of aliphatic hydroxyl groups is 1. The Morgan fingerprint density at radius 2 is 2.00 bits per heavy atom. The third-order valence-corrected chi connectivity index (χ3v) is 8.96. The fourth-order valence-electron chi connectivity index (χ4n) is 5.45. The Morgan fingerprint density at radius 1 is 1.32 bits per heavy atom. The van der Waals surface area contributed by atoms with Crippen molar-refractivity contribution in [2.45, 2.75) is 56.7 Å². The molecule has 1 unspecified atom stereocenters. The van der Waals surface area contributed by atoms with E-state index < -0.39 is 22.9 Å². The van der Waals surface area contributed by atoms with Gasteiger partial charge in [0, 0.05) is 54.3 Å². The summed E-state index contributed by atoms with van der Waals surface area (Å²) in [6.45, 7) is 4.17. The normalized spacial score (nSPS) is 28.1.